The van der Waals surface area contributed by atoms with Crippen LogP contribution in [0.15, 0.2) is 36.4 Å². The van der Waals surface area contributed by atoms with Gasteiger partial charge in [-0.2, -0.15) is 0 Å². The van der Waals surface area contributed by atoms with Crippen LogP contribution in [0.1, 0.15) is 161 Å². The molecular formula is C37H61O3P. The fourth-order valence-corrected chi connectivity index (χ4v) is 6.00. The molecule has 0 amide bonds. The van der Waals surface area contributed by atoms with Crippen molar-refractivity contribution in [3.63, 3.8) is 0 Å². The highest BCUT2D eigenvalue weighted by atomic mass is 31.2. The largest absolute Gasteiger partial charge is 0.329 e. The van der Waals surface area contributed by atoms with Gasteiger partial charge in [0.2, 0.25) is 0 Å². The van der Waals surface area contributed by atoms with Gasteiger partial charge >= 0.3 is 8.60 Å². The van der Waals surface area contributed by atoms with Crippen LogP contribution in [0.2, 0.25) is 0 Å². The van der Waals surface area contributed by atoms with Gasteiger partial charge in [-0.1, -0.05) is 145 Å². The molecule has 1 N–H and O–H groups in total. The van der Waals surface area contributed by atoms with Gasteiger partial charge in [0.15, 0.2) is 0 Å². The van der Waals surface area contributed by atoms with Crippen molar-refractivity contribution in [1.29, 1.82) is 0 Å². The monoisotopic (exact) mass is 584 g/mol. The molecule has 0 aliphatic heterocycles. The smallest absolute Gasteiger partial charge is 0.328 e. The van der Waals surface area contributed by atoms with E-state index in [2.05, 4.69) is 119 Å². The average Bonchev–Trinajstić information content (AvgIpc) is 2.85. The molecule has 41 heavy (non-hydrogen) atoms. The molecule has 2 aromatic carbocycles. The van der Waals surface area contributed by atoms with Crippen LogP contribution in [-0.4, -0.2) is 18.6 Å². The number of hydrogen-bond acceptors (Lipinski definition) is 3. The number of benzene rings is 2. The van der Waals surface area contributed by atoms with E-state index < -0.39 is 8.60 Å². The van der Waals surface area contributed by atoms with Crippen LogP contribution in [0, 0.1) is 0 Å². The highest BCUT2D eigenvalue weighted by Gasteiger charge is 2.30. The molecule has 2 aromatic rings. The van der Waals surface area contributed by atoms with Gasteiger partial charge < -0.3 is 13.9 Å². The molecule has 232 valence electrons. The SMILES string of the molecule is COP(O)OCCCCCCCC(c1ccc(C(C)(C)C)cc1C(C)(C)C)c1ccc(C(C)(C)C)cc1C(C)(C)C. The molecule has 0 aliphatic carbocycles. The lowest BCUT2D eigenvalue weighted by atomic mass is 9.70. The summed E-state index contributed by atoms with van der Waals surface area (Å²) in [6, 6.07) is 14.7. The number of unbranched alkanes of at least 4 members (excludes halogenated alkanes) is 4. The molecule has 3 nitrogen and oxygen atoms in total. The minimum atomic E-state index is -1.71. The Morgan fingerprint density at radius 3 is 1.41 bits per heavy atom. The first-order valence-corrected chi connectivity index (χ1v) is 16.9. The standard InChI is InChI=1S/C37H61O3P/c1-34(2,3)27-20-22-30(32(25-27)36(7,8)9)29(19-17-15-14-16-18-24-40-41(38)39-13)31-23-21-28(35(4,5)6)26-33(31)37(10,11)12/h20-23,25-26,29,38H,14-19,24H2,1-13H3. The third-order valence-corrected chi connectivity index (χ3v) is 8.92. The highest BCUT2D eigenvalue weighted by molar-refractivity contribution is 7.40. The Kier molecular flexibility index (Phi) is 12.7. The zero-order valence-corrected chi connectivity index (χ0v) is 29.6. The van der Waals surface area contributed by atoms with Crippen molar-refractivity contribution in [2.45, 2.75) is 149 Å². The first-order valence-electron chi connectivity index (χ1n) is 15.7. The highest BCUT2D eigenvalue weighted by Crippen LogP contribution is 2.43. The van der Waals surface area contributed by atoms with Crippen molar-refractivity contribution < 1.29 is 13.9 Å². The van der Waals surface area contributed by atoms with Crippen LogP contribution in [-0.2, 0) is 30.7 Å². The minimum Gasteiger partial charge on any atom is -0.328 e. The summed E-state index contributed by atoms with van der Waals surface area (Å²) in [4.78, 5) is 9.48. The summed E-state index contributed by atoms with van der Waals surface area (Å²) in [6.07, 6.45) is 6.76. The van der Waals surface area contributed by atoms with Gasteiger partial charge in [-0.25, -0.2) is 0 Å². The molecule has 0 radical (unpaired) electrons. The summed E-state index contributed by atoms with van der Waals surface area (Å²) in [7, 11) is -0.234. The molecule has 0 fully saturated rings. The van der Waals surface area contributed by atoms with Crippen molar-refractivity contribution in [3.8, 4) is 0 Å². The van der Waals surface area contributed by atoms with Gasteiger partial charge in [-0.3, -0.25) is 0 Å². The maximum Gasteiger partial charge on any atom is 0.329 e. The van der Waals surface area contributed by atoms with Gasteiger partial charge in [0.25, 0.3) is 0 Å². The van der Waals surface area contributed by atoms with Crippen LogP contribution in [0.3, 0.4) is 0 Å². The zero-order valence-electron chi connectivity index (χ0n) is 28.7. The third kappa shape index (κ3) is 10.8. The van der Waals surface area contributed by atoms with Crippen LogP contribution in [0.4, 0.5) is 0 Å². The molecule has 2 rings (SSSR count). The summed E-state index contributed by atoms with van der Waals surface area (Å²) in [5.74, 6) is 0.351. The van der Waals surface area contributed by atoms with Crippen molar-refractivity contribution in [2.24, 2.45) is 0 Å². The van der Waals surface area contributed by atoms with Crippen molar-refractivity contribution in [1.82, 2.24) is 0 Å². The van der Waals surface area contributed by atoms with E-state index in [0.29, 0.717) is 12.5 Å². The molecule has 0 saturated carbocycles. The Labute approximate surface area is 254 Å². The van der Waals surface area contributed by atoms with E-state index >= 15 is 0 Å². The lowest BCUT2D eigenvalue weighted by molar-refractivity contribution is 0.224. The first kappa shape index (κ1) is 35.9. The predicted octanol–water partition coefficient (Wildman–Crippen LogP) is 11.2. The maximum atomic E-state index is 9.48. The third-order valence-electron chi connectivity index (χ3n) is 8.20. The van der Waals surface area contributed by atoms with Gasteiger partial charge in [-0.05, 0) is 67.9 Å². The molecule has 0 aromatic heterocycles. The second kappa shape index (κ2) is 14.5. The van der Waals surface area contributed by atoms with E-state index in [1.54, 1.807) is 0 Å². The summed E-state index contributed by atoms with van der Waals surface area (Å²) in [6.45, 7) is 28.7. The summed E-state index contributed by atoms with van der Waals surface area (Å²) in [5, 5.41) is 0. The van der Waals surface area contributed by atoms with E-state index in [4.69, 9.17) is 9.05 Å². The molecule has 0 bridgehead atoms. The van der Waals surface area contributed by atoms with Crippen molar-refractivity contribution in [3.05, 3.63) is 69.8 Å². The van der Waals surface area contributed by atoms with Gasteiger partial charge in [0.1, 0.15) is 0 Å². The second-order valence-corrected chi connectivity index (χ2v) is 17.1. The summed E-state index contributed by atoms with van der Waals surface area (Å²) >= 11 is 0. The van der Waals surface area contributed by atoms with E-state index in [0.717, 1.165) is 19.3 Å². The zero-order chi connectivity index (χ0) is 31.2. The maximum absolute atomic E-state index is 9.48. The van der Waals surface area contributed by atoms with E-state index in [1.807, 2.05) is 0 Å². The number of hydrogen-bond donors (Lipinski definition) is 1. The molecular weight excluding hydrogens is 523 g/mol. The van der Waals surface area contributed by atoms with Crippen LogP contribution >= 0.6 is 8.60 Å². The lowest BCUT2D eigenvalue weighted by Gasteiger charge is -2.34. The van der Waals surface area contributed by atoms with Gasteiger partial charge in [0.05, 0.1) is 6.61 Å². The Bertz CT molecular complexity index is 1020. The van der Waals surface area contributed by atoms with Gasteiger partial charge in [0, 0.05) is 13.0 Å². The fraction of sp³-hybridized carbons (Fsp3) is 0.676. The van der Waals surface area contributed by atoms with Crippen LogP contribution in [0.25, 0.3) is 0 Å². The van der Waals surface area contributed by atoms with Crippen molar-refractivity contribution in [2.75, 3.05) is 13.7 Å². The normalized spacial score (nSPS) is 14.1. The second-order valence-electron chi connectivity index (χ2n) is 16.0. The van der Waals surface area contributed by atoms with Crippen LogP contribution in [0.5, 0.6) is 0 Å². The molecule has 1 unspecified atom stereocenters. The molecule has 4 heteroatoms. The van der Waals surface area contributed by atoms with Crippen LogP contribution < -0.4 is 0 Å². The molecule has 0 spiro atoms. The van der Waals surface area contributed by atoms with Gasteiger partial charge in [-0.15, -0.1) is 0 Å². The summed E-state index contributed by atoms with van der Waals surface area (Å²) in [5.41, 5.74) is 9.08. The van der Waals surface area contributed by atoms with Crippen molar-refractivity contribution >= 4 is 8.60 Å². The lowest BCUT2D eigenvalue weighted by Crippen LogP contribution is -2.23. The van der Waals surface area contributed by atoms with E-state index in [9.17, 15) is 4.89 Å². The predicted molar refractivity (Wildman–Crippen MR) is 179 cm³/mol. The quantitative estimate of drug-likeness (QED) is 0.199. The Morgan fingerprint density at radius 1 is 0.610 bits per heavy atom. The minimum absolute atomic E-state index is 0.0520. The van der Waals surface area contributed by atoms with E-state index in [1.165, 1.54) is 59.8 Å². The van der Waals surface area contributed by atoms with E-state index in [-0.39, 0.29) is 21.7 Å². The number of rotatable bonds is 12. The Balaban J connectivity index is 2.50. The first-order chi connectivity index (χ1) is 18.8. The molecule has 1 atom stereocenters. The Morgan fingerprint density at radius 2 is 1.02 bits per heavy atom. The summed E-state index contributed by atoms with van der Waals surface area (Å²) < 4.78 is 10.1. The fourth-order valence-electron chi connectivity index (χ4n) is 5.61. The average molecular weight is 585 g/mol. The topological polar surface area (TPSA) is 38.7 Å². The Hall–Kier alpha value is -1.25. The molecule has 0 saturated heterocycles. The molecule has 0 heterocycles. The molecule has 0 aliphatic rings.